The van der Waals surface area contributed by atoms with Crippen molar-refractivity contribution in [1.29, 1.82) is 0 Å². The molecular formula is C25H23Cl2N3O3. The molecule has 2 heterocycles. The van der Waals surface area contributed by atoms with Crippen LogP contribution in [0.15, 0.2) is 59.0 Å². The second kappa shape index (κ2) is 9.73. The van der Waals surface area contributed by atoms with Crippen LogP contribution in [0.3, 0.4) is 0 Å². The molecule has 2 aromatic carbocycles. The Hall–Kier alpha value is -3.22. The third kappa shape index (κ3) is 5.24. The summed E-state index contributed by atoms with van der Waals surface area (Å²) in [6, 6.07) is 16.5. The predicted octanol–water partition coefficient (Wildman–Crippen LogP) is 6.59. The fraction of sp³-hybridized carbons (Fsp3) is 0.200. The Morgan fingerprint density at radius 1 is 1.09 bits per heavy atom. The molecule has 0 atom stereocenters. The number of hydrogen-bond acceptors (Lipinski definition) is 4. The van der Waals surface area contributed by atoms with Crippen molar-refractivity contribution in [2.45, 2.75) is 33.9 Å². The molecule has 4 aromatic rings. The Morgan fingerprint density at radius 2 is 1.88 bits per heavy atom. The molecule has 1 amide bonds. The largest absolute Gasteiger partial charge is 0.485 e. The fourth-order valence-corrected chi connectivity index (χ4v) is 3.93. The quantitative estimate of drug-likeness (QED) is 0.321. The van der Waals surface area contributed by atoms with E-state index in [9.17, 15) is 4.79 Å². The third-order valence-corrected chi connectivity index (χ3v) is 5.89. The van der Waals surface area contributed by atoms with E-state index < -0.39 is 0 Å². The Morgan fingerprint density at radius 3 is 2.64 bits per heavy atom. The van der Waals surface area contributed by atoms with Crippen LogP contribution >= 0.6 is 23.2 Å². The molecule has 0 spiro atoms. The summed E-state index contributed by atoms with van der Waals surface area (Å²) in [6.07, 6.45) is 0. The molecule has 0 aliphatic carbocycles. The van der Waals surface area contributed by atoms with Gasteiger partial charge in [0.15, 0.2) is 5.76 Å². The van der Waals surface area contributed by atoms with Gasteiger partial charge in [-0.2, -0.15) is 5.10 Å². The number of hydrogen-bond donors (Lipinski definition) is 1. The van der Waals surface area contributed by atoms with E-state index in [2.05, 4.69) is 10.4 Å². The highest BCUT2D eigenvalue weighted by Gasteiger charge is 2.18. The van der Waals surface area contributed by atoms with Crippen molar-refractivity contribution in [3.63, 3.8) is 0 Å². The van der Waals surface area contributed by atoms with E-state index in [1.54, 1.807) is 28.9 Å². The molecule has 0 radical (unpaired) electrons. The van der Waals surface area contributed by atoms with Gasteiger partial charge in [0, 0.05) is 10.0 Å². The number of carbonyl (C=O) groups is 1. The van der Waals surface area contributed by atoms with Gasteiger partial charge < -0.3 is 14.5 Å². The van der Waals surface area contributed by atoms with Gasteiger partial charge in [0.05, 0.1) is 23.6 Å². The number of rotatable bonds is 7. The first-order chi connectivity index (χ1) is 15.8. The monoisotopic (exact) mass is 483 g/mol. The van der Waals surface area contributed by atoms with Gasteiger partial charge in [-0.05, 0) is 62.2 Å². The second-order valence-corrected chi connectivity index (χ2v) is 8.56. The minimum Gasteiger partial charge on any atom is -0.485 e. The van der Waals surface area contributed by atoms with E-state index in [1.807, 2.05) is 51.1 Å². The fourth-order valence-electron chi connectivity index (χ4n) is 3.46. The maximum atomic E-state index is 12.8. The maximum Gasteiger partial charge on any atom is 0.291 e. The van der Waals surface area contributed by atoms with Crippen LogP contribution in [0.2, 0.25) is 10.0 Å². The van der Waals surface area contributed by atoms with Gasteiger partial charge >= 0.3 is 0 Å². The number of aromatic nitrogens is 2. The van der Waals surface area contributed by atoms with Gasteiger partial charge in [0.25, 0.3) is 5.91 Å². The molecule has 33 heavy (non-hydrogen) atoms. The van der Waals surface area contributed by atoms with E-state index in [4.69, 9.17) is 32.4 Å². The number of aryl methyl sites for hydroxylation is 2. The van der Waals surface area contributed by atoms with E-state index in [-0.39, 0.29) is 18.3 Å². The van der Waals surface area contributed by atoms with Crippen LogP contribution in [-0.4, -0.2) is 15.7 Å². The summed E-state index contributed by atoms with van der Waals surface area (Å²) in [7, 11) is 0. The summed E-state index contributed by atoms with van der Waals surface area (Å²) in [5.74, 6) is 1.18. The maximum absolute atomic E-state index is 12.8. The average Bonchev–Trinajstić information content (AvgIpc) is 3.35. The molecule has 0 aliphatic rings. The molecule has 0 aliphatic heterocycles. The van der Waals surface area contributed by atoms with Crippen molar-refractivity contribution in [1.82, 2.24) is 9.78 Å². The third-order valence-electron chi connectivity index (χ3n) is 5.30. The van der Waals surface area contributed by atoms with Crippen molar-refractivity contribution in [2.75, 3.05) is 5.32 Å². The molecule has 0 saturated carbocycles. The van der Waals surface area contributed by atoms with E-state index in [0.717, 1.165) is 22.6 Å². The van der Waals surface area contributed by atoms with Crippen molar-refractivity contribution in [2.24, 2.45) is 0 Å². The first-order valence-corrected chi connectivity index (χ1v) is 11.1. The lowest BCUT2D eigenvalue weighted by Crippen LogP contribution is -2.12. The highest BCUT2D eigenvalue weighted by Crippen LogP contribution is 2.26. The Balaban J connectivity index is 1.44. The molecule has 4 rings (SSSR count). The SMILES string of the molecule is Cc1ccccc1OCc1ccc(C(=O)Nc2c(C)nn(Cc3ccc(Cl)cc3Cl)c2C)o1. The minimum absolute atomic E-state index is 0.200. The standard InChI is InChI=1S/C25H23Cl2N3O3/c1-15-6-4-5-7-22(15)32-14-20-10-11-23(33-20)25(31)28-24-16(2)29-30(17(24)3)13-18-8-9-19(26)12-21(18)27/h4-12H,13-14H2,1-3H3,(H,28,31). The average molecular weight is 484 g/mol. The Labute approximate surface area is 202 Å². The molecule has 2 aromatic heterocycles. The summed E-state index contributed by atoms with van der Waals surface area (Å²) >= 11 is 12.3. The van der Waals surface area contributed by atoms with Crippen LogP contribution in [0.1, 0.15) is 38.8 Å². The number of carbonyl (C=O) groups excluding carboxylic acids is 1. The molecule has 0 saturated heterocycles. The number of benzene rings is 2. The van der Waals surface area contributed by atoms with Gasteiger partial charge in [-0.1, -0.05) is 47.5 Å². The zero-order valence-corrected chi connectivity index (χ0v) is 20.0. The van der Waals surface area contributed by atoms with Crippen LogP contribution in [0.25, 0.3) is 0 Å². The molecular weight excluding hydrogens is 461 g/mol. The Kier molecular flexibility index (Phi) is 6.77. The molecule has 1 N–H and O–H groups in total. The number of ether oxygens (including phenoxy) is 1. The van der Waals surface area contributed by atoms with Crippen LogP contribution in [0, 0.1) is 20.8 Å². The normalized spacial score (nSPS) is 10.9. The summed E-state index contributed by atoms with van der Waals surface area (Å²) in [4.78, 5) is 12.8. The number of furan rings is 1. The van der Waals surface area contributed by atoms with Crippen LogP contribution in [0.5, 0.6) is 5.75 Å². The summed E-state index contributed by atoms with van der Waals surface area (Å²) < 4.78 is 13.3. The van der Waals surface area contributed by atoms with E-state index in [0.29, 0.717) is 33.7 Å². The molecule has 8 heteroatoms. The zero-order valence-electron chi connectivity index (χ0n) is 18.5. The highest BCUT2D eigenvalue weighted by atomic mass is 35.5. The molecule has 6 nitrogen and oxygen atoms in total. The van der Waals surface area contributed by atoms with Gasteiger partial charge in [-0.25, -0.2) is 0 Å². The lowest BCUT2D eigenvalue weighted by Gasteiger charge is -2.08. The van der Waals surface area contributed by atoms with Crippen LogP contribution in [-0.2, 0) is 13.2 Å². The molecule has 0 unspecified atom stereocenters. The van der Waals surface area contributed by atoms with E-state index >= 15 is 0 Å². The van der Waals surface area contributed by atoms with Gasteiger partial charge in [-0.15, -0.1) is 0 Å². The second-order valence-electron chi connectivity index (χ2n) is 7.71. The smallest absolute Gasteiger partial charge is 0.291 e. The van der Waals surface area contributed by atoms with Gasteiger partial charge in [0.2, 0.25) is 0 Å². The number of halogens is 2. The molecule has 170 valence electrons. The number of nitrogens with zero attached hydrogens (tertiary/aromatic N) is 2. The number of para-hydroxylation sites is 1. The first-order valence-electron chi connectivity index (χ1n) is 10.4. The Bertz CT molecular complexity index is 1310. The van der Waals surface area contributed by atoms with Crippen molar-refractivity contribution in [3.05, 3.63) is 98.7 Å². The topological polar surface area (TPSA) is 69.3 Å². The summed E-state index contributed by atoms with van der Waals surface area (Å²) in [5, 5.41) is 8.60. The minimum atomic E-state index is -0.354. The summed E-state index contributed by atoms with van der Waals surface area (Å²) in [6.45, 7) is 6.40. The van der Waals surface area contributed by atoms with Crippen molar-refractivity contribution >= 4 is 34.8 Å². The van der Waals surface area contributed by atoms with Crippen LogP contribution < -0.4 is 10.1 Å². The number of nitrogens with one attached hydrogen (secondary N) is 1. The van der Waals surface area contributed by atoms with Crippen molar-refractivity contribution in [3.8, 4) is 5.75 Å². The predicted molar refractivity (Wildman–Crippen MR) is 129 cm³/mol. The van der Waals surface area contributed by atoms with E-state index in [1.165, 1.54) is 0 Å². The lowest BCUT2D eigenvalue weighted by atomic mass is 10.2. The van der Waals surface area contributed by atoms with Gasteiger partial charge in [-0.3, -0.25) is 9.48 Å². The number of amides is 1. The molecule has 0 bridgehead atoms. The number of anilines is 1. The van der Waals surface area contributed by atoms with Crippen molar-refractivity contribution < 1.29 is 13.9 Å². The lowest BCUT2D eigenvalue weighted by molar-refractivity contribution is 0.0992. The first kappa shape index (κ1) is 23.0. The highest BCUT2D eigenvalue weighted by molar-refractivity contribution is 6.35. The molecule has 0 fully saturated rings. The summed E-state index contributed by atoms with van der Waals surface area (Å²) in [5.41, 5.74) is 4.06. The van der Waals surface area contributed by atoms with Gasteiger partial charge in [0.1, 0.15) is 18.1 Å². The van der Waals surface area contributed by atoms with Crippen LogP contribution in [0.4, 0.5) is 5.69 Å². The zero-order chi connectivity index (χ0) is 23.5.